The third-order valence-corrected chi connectivity index (χ3v) is 8.96. The van der Waals surface area contributed by atoms with E-state index in [1.165, 1.54) is 4.90 Å². The van der Waals surface area contributed by atoms with E-state index >= 15 is 0 Å². The quantitative estimate of drug-likeness (QED) is 0.374. The molecule has 4 aliphatic rings. The van der Waals surface area contributed by atoms with Crippen molar-refractivity contribution in [3.63, 3.8) is 0 Å². The van der Waals surface area contributed by atoms with Gasteiger partial charge >= 0.3 is 0 Å². The summed E-state index contributed by atoms with van der Waals surface area (Å²) in [6.45, 7) is 0. The Morgan fingerprint density at radius 3 is 2.34 bits per heavy atom. The lowest BCUT2D eigenvalue weighted by atomic mass is 9.52. The third-order valence-electron chi connectivity index (χ3n) is 8.96. The first kappa shape index (κ1) is 26.2. The molecule has 202 valence electrons. The molecule has 10 heteroatoms. The van der Waals surface area contributed by atoms with E-state index in [-0.39, 0.29) is 30.1 Å². The summed E-state index contributed by atoms with van der Waals surface area (Å²) in [6, 6.07) is 0.770. The Bertz CT molecular complexity index is 1320. The zero-order chi connectivity index (χ0) is 27.8. The maximum absolute atomic E-state index is 14.0. The molecule has 5 rings (SSSR count). The number of carbonyl (C=O) groups excluding carboxylic acids is 5. The van der Waals surface area contributed by atoms with Crippen molar-refractivity contribution < 1.29 is 34.2 Å². The molecule has 1 amide bonds. The van der Waals surface area contributed by atoms with E-state index in [1.54, 1.807) is 14.1 Å². The van der Waals surface area contributed by atoms with E-state index in [1.807, 2.05) is 37.2 Å². The SMILES string of the molecule is CN(C)c1cc(C2C=CCC2)c(O)c2c1C[C@H]1C[C@H]3[C@H](N(C)C)C(=O)C(C(N)=O)C(=O)[C@@]3(O)C(=O)C1C2=O. The van der Waals surface area contributed by atoms with Gasteiger partial charge in [0.25, 0.3) is 0 Å². The number of nitrogens with two attached hydrogens (primary N) is 1. The van der Waals surface area contributed by atoms with Gasteiger partial charge in [-0.2, -0.15) is 0 Å². The first-order valence-electron chi connectivity index (χ1n) is 12.9. The van der Waals surface area contributed by atoms with Gasteiger partial charge in [0.2, 0.25) is 5.91 Å². The number of rotatable bonds is 4. The number of aliphatic hydroxyl groups is 1. The summed E-state index contributed by atoms with van der Waals surface area (Å²) in [6.07, 6.45) is 5.91. The van der Waals surface area contributed by atoms with E-state index in [4.69, 9.17) is 5.73 Å². The Labute approximate surface area is 220 Å². The van der Waals surface area contributed by atoms with Crippen LogP contribution in [0.25, 0.3) is 0 Å². The molecule has 4 N–H and O–H groups in total. The van der Waals surface area contributed by atoms with Crippen LogP contribution < -0.4 is 10.6 Å². The summed E-state index contributed by atoms with van der Waals surface area (Å²) in [4.78, 5) is 70.1. The molecule has 1 aromatic rings. The van der Waals surface area contributed by atoms with Crippen molar-refractivity contribution in [1.82, 2.24) is 4.90 Å². The molecular weight excluding hydrogens is 490 g/mol. The molecular formula is C28H33N3O7. The number of nitrogens with zero attached hydrogens (tertiary/aromatic N) is 2. The molecule has 0 spiro atoms. The molecule has 0 bridgehead atoms. The van der Waals surface area contributed by atoms with Crippen LogP contribution in [-0.4, -0.2) is 84.0 Å². The molecule has 0 saturated heterocycles. The van der Waals surface area contributed by atoms with Crippen LogP contribution in [0, 0.1) is 23.7 Å². The van der Waals surface area contributed by atoms with Crippen molar-refractivity contribution in [2.45, 2.75) is 43.2 Å². The summed E-state index contributed by atoms with van der Waals surface area (Å²) in [7, 11) is 6.81. The van der Waals surface area contributed by atoms with Gasteiger partial charge < -0.3 is 20.8 Å². The Morgan fingerprint density at radius 2 is 1.79 bits per heavy atom. The highest BCUT2D eigenvalue weighted by atomic mass is 16.3. The van der Waals surface area contributed by atoms with Crippen LogP contribution in [0.2, 0.25) is 0 Å². The Morgan fingerprint density at radius 1 is 1.11 bits per heavy atom. The van der Waals surface area contributed by atoms with Crippen LogP contribution in [0.4, 0.5) is 5.69 Å². The van der Waals surface area contributed by atoms with E-state index in [0.717, 1.165) is 18.5 Å². The van der Waals surface area contributed by atoms with Crippen molar-refractivity contribution in [1.29, 1.82) is 0 Å². The molecule has 0 heterocycles. The highest BCUT2D eigenvalue weighted by molar-refractivity contribution is 6.32. The van der Waals surface area contributed by atoms with Gasteiger partial charge in [-0.05, 0) is 57.3 Å². The summed E-state index contributed by atoms with van der Waals surface area (Å²) in [5, 5.41) is 23.0. The third kappa shape index (κ3) is 3.42. The number of aromatic hydroxyl groups is 1. The van der Waals surface area contributed by atoms with Gasteiger partial charge in [-0.1, -0.05) is 12.2 Å². The fraction of sp³-hybridized carbons (Fsp3) is 0.536. The van der Waals surface area contributed by atoms with Gasteiger partial charge in [-0.15, -0.1) is 0 Å². The topological polar surface area (TPSA) is 158 Å². The highest BCUT2D eigenvalue weighted by Gasteiger charge is 2.69. The van der Waals surface area contributed by atoms with Crippen LogP contribution in [-0.2, 0) is 25.6 Å². The first-order valence-corrected chi connectivity index (χ1v) is 12.9. The summed E-state index contributed by atoms with van der Waals surface area (Å²) >= 11 is 0. The van der Waals surface area contributed by atoms with E-state index in [9.17, 15) is 34.2 Å². The molecule has 2 fully saturated rings. The van der Waals surface area contributed by atoms with E-state index < -0.39 is 64.4 Å². The summed E-state index contributed by atoms with van der Waals surface area (Å²) < 4.78 is 0. The largest absolute Gasteiger partial charge is 0.507 e. The Hall–Kier alpha value is -3.37. The second-order valence-electron chi connectivity index (χ2n) is 11.5. The molecule has 7 atom stereocenters. The van der Waals surface area contributed by atoms with E-state index in [2.05, 4.69) is 0 Å². The summed E-state index contributed by atoms with van der Waals surface area (Å²) in [5.41, 5.74) is 4.64. The lowest BCUT2D eigenvalue weighted by Gasteiger charge is -2.52. The van der Waals surface area contributed by atoms with Gasteiger partial charge in [0.15, 0.2) is 34.7 Å². The van der Waals surface area contributed by atoms with Crippen LogP contribution in [0.5, 0.6) is 5.75 Å². The molecule has 0 aromatic heterocycles. The number of ketones is 4. The van der Waals surface area contributed by atoms with Crippen molar-refractivity contribution in [2.24, 2.45) is 29.4 Å². The molecule has 3 unspecified atom stereocenters. The van der Waals surface area contributed by atoms with Crippen molar-refractivity contribution >= 4 is 34.7 Å². The fourth-order valence-corrected chi connectivity index (χ4v) is 7.25. The fourth-order valence-electron chi connectivity index (χ4n) is 7.25. The lowest BCUT2D eigenvalue weighted by molar-refractivity contribution is -0.181. The smallest absolute Gasteiger partial charge is 0.235 e. The standard InChI is InChI=1S/C28H33N3O7/c1-30(2)17-11-14(12-7-5-6-8-12)22(32)19-15(17)9-13-10-16-21(31(3)4)24(34)20(27(29)37)26(36)28(16,38)25(35)18(13)23(19)33/h5,7,11-13,16,18,20-21,32,38H,6,8-10H2,1-4H3,(H2,29,37)/t12?,13-,16-,18?,20?,21-,28-/m0/s1. The highest BCUT2D eigenvalue weighted by Crippen LogP contribution is 2.53. The number of phenolic OH excluding ortho intramolecular Hbond substituents is 1. The molecule has 4 aliphatic carbocycles. The number of allylic oxidation sites excluding steroid dienone is 2. The minimum absolute atomic E-state index is 0.0324. The number of likely N-dealkylation sites (N-methyl/N-ethyl adjacent to an activating group) is 1. The maximum Gasteiger partial charge on any atom is 0.235 e. The zero-order valence-corrected chi connectivity index (χ0v) is 21.9. The average Bonchev–Trinajstić information content (AvgIpc) is 3.35. The predicted molar refractivity (Wildman–Crippen MR) is 137 cm³/mol. The van der Waals surface area contributed by atoms with Gasteiger partial charge in [0.1, 0.15) is 5.75 Å². The second kappa shape index (κ2) is 8.84. The molecule has 0 radical (unpaired) electrons. The minimum atomic E-state index is -2.72. The number of anilines is 1. The number of fused-ring (bicyclic) bond motifs is 3. The van der Waals surface area contributed by atoms with Gasteiger partial charge in [-0.25, -0.2) is 0 Å². The van der Waals surface area contributed by atoms with Crippen LogP contribution in [0.3, 0.4) is 0 Å². The molecule has 10 nitrogen and oxygen atoms in total. The van der Waals surface area contributed by atoms with Crippen LogP contribution in [0.1, 0.15) is 46.7 Å². The molecule has 1 aromatic carbocycles. The number of primary amides is 1. The minimum Gasteiger partial charge on any atom is -0.507 e. The van der Waals surface area contributed by atoms with Crippen LogP contribution in [0.15, 0.2) is 18.2 Å². The summed E-state index contributed by atoms with van der Waals surface area (Å²) in [5.74, 6) is -10.3. The van der Waals surface area contributed by atoms with Crippen LogP contribution >= 0.6 is 0 Å². The number of Topliss-reactive ketones (excluding diaryl/α,β-unsaturated/α-hetero) is 4. The number of hydrogen-bond donors (Lipinski definition) is 3. The average molecular weight is 524 g/mol. The Balaban J connectivity index is 1.67. The number of hydrogen-bond acceptors (Lipinski definition) is 9. The van der Waals surface area contributed by atoms with Crippen molar-refractivity contribution in [2.75, 3.05) is 33.1 Å². The number of amides is 1. The number of phenols is 1. The van der Waals surface area contributed by atoms with Gasteiger partial charge in [0, 0.05) is 37.2 Å². The predicted octanol–water partition coefficient (Wildman–Crippen LogP) is 0.367. The number of benzene rings is 1. The van der Waals surface area contributed by atoms with Crippen molar-refractivity contribution in [3.8, 4) is 5.75 Å². The number of carbonyl (C=O) groups is 5. The first-order chi connectivity index (χ1) is 17.8. The monoisotopic (exact) mass is 523 g/mol. The normalized spacial score (nSPS) is 34.3. The maximum atomic E-state index is 14.0. The Kier molecular flexibility index (Phi) is 6.11. The van der Waals surface area contributed by atoms with Gasteiger partial charge in [-0.3, -0.25) is 28.9 Å². The lowest BCUT2D eigenvalue weighted by Crippen LogP contribution is -2.74. The van der Waals surface area contributed by atoms with Crippen molar-refractivity contribution in [3.05, 3.63) is 34.9 Å². The van der Waals surface area contributed by atoms with Gasteiger partial charge in [0.05, 0.1) is 17.5 Å². The zero-order valence-electron chi connectivity index (χ0n) is 21.9. The van der Waals surface area contributed by atoms with E-state index in [0.29, 0.717) is 11.1 Å². The molecule has 0 aliphatic heterocycles. The molecule has 38 heavy (non-hydrogen) atoms. The second-order valence-corrected chi connectivity index (χ2v) is 11.5. The molecule has 2 saturated carbocycles.